The van der Waals surface area contributed by atoms with Crippen molar-refractivity contribution in [3.8, 4) is 0 Å². The van der Waals surface area contributed by atoms with Gasteiger partial charge in [-0.25, -0.2) is 4.79 Å². The van der Waals surface area contributed by atoms with Gasteiger partial charge in [-0.15, -0.1) is 0 Å². The minimum absolute atomic E-state index is 0.0634. The maximum atomic E-state index is 11.6. The summed E-state index contributed by atoms with van der Waals surface area (Å²) in [6.07, 6.45) is -0.184. The van der Waals surface area contributed by atoms with E-state index in [-0.39, 0.29) is 25.0 Å². The Kier molecular flexibility index (Phi) is 9.34. The number of thiol groups is 1. The summed E-state index contributed by atoms with van der Waals surface area (Å²) >= 11 is 3.87. The Morgan fingerprint density at radius 3 is 2.23 bits per heavy atom. The summed E-state index contributed by atoms with van der Waals surface area (Å²) in [5, 5.41) is 23.6. The predicted octanol–water partition coefficient (Wildman–Crippen LogP) is -2.42. The van der Waals surface area contributed by atoms with Crippen LogP contribution in [0.15, 0.2) is 0 Å². The van der Waals surface area contributed by atoms with Crippen LogP contribution in [0.25, 0.3) is 0 Å². The Labute approximate surface area is 131 Å². The highest BCUT2D eigenvalue weighted by Gasteiger charge is 2.22. The number of rotatable bonds is 11. The lowest BCUT2D eigenvalue weighted by Crippen LogP contribution is -2.49. The van der Waals surface area contributed by atoms with Crippen molar-refractivity contribution in [3.63, 3.8) is 0 Å². The fourth-order valence-corrected chi connectivity index (χ4v) is 1.64. The van der Waals surface area contributed by atoms with Crippen LogP contribution in [0, 0.1) is 0 Å². The second-order valence-electron chi connectivity index (χ2n) is 4.13. The van der Waals surface area contributed by atoms with E-state index in [1.807, 2.05) is 5.32 Å². The van der Waals surface area contributed by atoms with Gasteiger partial charge in [0.15, 0.2) is 0 Å². The first-order valence-corrected chi connectivity index (χ1v) is 6.77. The highest BCUT2D eigenvalue weighted by Crippen LogP contribution is 1.99. The molecule has 0 heterocycles. The zero-order valence-electron chi connectivity index (χ0n) is 11.4. The molecule has 124 valence electrons. The van der Waals surface area contributed by atoms with Crippen molar-refractivity contribution >= 4 is 42.8 Å². The molecule has 0 bridgehead atoms. The van der Waals surface area contributed by atoms with Gasteiger partial charge < -0.3 is 26.2 Å². The number of aliphatic carboxylic acids is 2. The van der Waals surface area contributed by atoms with Crippen LogP contribution < -0.4 is 16.0 Å². The van der Waals surface area contributed by atoms with Crippen molar-refractivity contribution in [1.82, 2.24) is 16.0 Å². The van der Waals surface area contributed by atoms with Gasteiger partial charge in [-0.1, -0.05) is 0 Å². The highest BCUT2D eigenvalue weighted by atomic mass is 32.1. The Morgan fingerprint density at radius 1 is 1.14 bits per heavy atom. The molecule has 2 atom stereocenters. The number of nitrogens with one attached hydrogen (secondary N) is 3. The molecule has 0 saturated heterocycles. The van der Waals surface area contributed by atoms with Gasteiger partial charge >= 0.3 is 11.9 Å². The lowest BCUT2D eigenvalue weighted by molar-refractivity contribution is -0.141. The van der Waals surface area contributed by atoms with E-state index in [9.17, 15) is 24.0 Å². The van der Waals surface area contributed by atoms with E-state index < -0.39 is 42.4 Å². The molecule has 2 unspecified atom stereocenters. The Bertz CT molecular complexity index is 443. The molecule has 0 fully saturated rings. The molecule has 0 aliphatic heterocycles. The zero-order valence-corrected chi connectivity index (χ0v) is 12.3. The second-order valence-corrected chi connectivity index (χ2v) is 4.49. The van der Waals surface area contributed by atoms with Crippen LogP contribution in [0.5, 0.6) is 0 Å². The topological polar surface area (TPSA) is 162 Å². The first kappa shape index (κ1) is 19.7. The molecule has 0 saturated carbocycles. The predicted molar refractivity (Wildman–Crippen MR) is 76.3 cm³/mol. The summed E-state index contributed by atoms with van der Waals surface area (Å²) in [4.78, 5) is 54.5. The van der Waals surface area contributed by atoms with E-state index in [0.717, 1.165) is 0 Å². The molecule has 11 heteroatoms. The average molecular weight is 335 g/mol. The maximum Gasteiger partial charge on any atom is 0.326 e. The standard InChI is InChI=1S/C11H17N3O7S/c15-5-13-6(11(20)21)1-2-8(16)14-7(4-22)10(19)12-3-9(17)18/h5-7,22H,1-4H2,(H,12,19)(H,13,15)(H,14,16)(H,17,18)(H,20,21). The SMILES string of the molecule is O=CNC(CCC(=O)NC(CS)C(=O)NCC(=O)O)C(=O)O. The molecule has 0 aromatic carbocycles. The fourth-order valence-electron chi connectivity index (χ4n) is 1.38. The highest BCUT2D eigenvalue weighted by molar-refractivity contribution is 7.80. The summed E-state index contributed by atoms with van der Waals surface area (Å²) in [6.45, 7) is -0.594. The molecular formula is C11H17N3O7S. The Morgan fingerprint density at radius 2 is 1.77 bits per heavy atom. The molecule has 0 aromatic rings. The van der Waals surface area contributed by atoms with Crippen LogP contribution >= 0.6 is 12.6 Å². The molecule has 0 aliphatic rings. The molecule has 0 spiro atoms. The average Bonchev–Trinajstić information content (AvgIpc) is 2.46. The Balaban J connectivity index is 4.35. The molecule has 10 nitrogen and oxygen atoms in total. The van der Waals surface area contributed by atoms with Crippen molar-refractivity contribution in [2.75, 3.05) is 12.3 Å². The lowest BCUT2D eigenvalue weighted by atomic mass is 10.1. The third-order valence-corrected chi connectivity index (χ3v) is 2.84. The molecule has 5 N–H and O–H groups in total. The van der Waals surface area contributed by atoms with Gasteiger partial charge in [0, 0.05) is 12.2 Å². The van der Waals surface area contributed by atoms with Crippen LogP contribution in [-0.4, -0.2) is 64.8 Å². The van der Waals surface area contributed by atoms with Crippen LogP contribution in [0.1, 0.15) is 12.8 Å². The fraction of sp³-hybridized carbons (Fsp3) is 0.545. The molecule has 0 aromatic heterocycles. The summed E-state index contributed by atoms with van der Waals surface area (Å²) < 4.78 is 0. The van der Waals surface area contributed by atoms with Gasteiger partial charge in [-0.05, 0) is 6.42 Å². The first-order valence-electron chi connectivity index (χ1n) is 6.14. The monoisotopic (exact) mass is 335 g/mol. The third-order valence-electron chi connectivity index (χ3n) is 2.48. The first-order chi connectivity index (χ1) is 10.3. The van der Waals surface area contributed by atoms with Gasteiger partial charge in [0.1, 0.15) is 18.6 Å². The largest absolute Gasteiger partial charge is 0.480 e. The maximum absolute atomic E-state index is 11.6. The van der Waals surface area contributed by atoms with Crippen molar-refractivity contribution in [3.05, 3.63) is 0 Å². The number of carboxylic acids is 2. The Hall–Kier alpha value is -2.30. The molecule has 0 aliphatic carbocycles. The van der Waals surface area contributed by atoms with E-state index in [2.05, 4.69) is 23.3 Å². The summed E-state index contributed by atoms with van der Waals surface area (Å²) in [5.74, 6) is -3.92. The molecule has 22 heavy (non-hydrogen) atoms. The number of hydrogen-bond donors (Lipinski definition) is 6. The molecule has 0 rings (SSSR count). The summed E-state index contributed by atoms with van der Waals surface area (Å²) in [7, 11) is 0. The molecular weight excluding hydrogens is 318 g/mol. The lowest BCUT2D eigenvalue weighted by Gasteiger charge is -2.16. The summed E-state index contributed by atoms with van der Waals surface area (Å²) in [6, 6.07) is -2.25. The summed E-state index contributed by atoms with van der Waals surface area (Å²) in [5.41, 5.74) is 0. The van der Waals surface area contributed by atoms with E-state index in [0.29, 0.717) is 0 Å². The normalized spacial score (nSPS) is 12.6. The number of carbonyl (C=O) groups is 5. The second kappa shape index (κ2) is 10.4. The third kappa shape index (κ3) is 8.09. The van der Waals surface area contributed by atoms with E-state index in [1.165, 1.54) is 0 Å². The van der Waals surface area contributed by atoms with Gasteiger partial charge in [-0.3, -0.25) is 19.2 Å². The minimum atomic E-state index is -1.29. The van der Waals surface area contributed by atoms with Crippen molar-refractivity contribution in [1.29, 1.82) is 0 Å². The molecule has 3 amide bonds. The van der Waals surface area contributed by atoms with Gasteiger partial charge in [0.2, 0.25) is 18.2 Å². The number of carbonyl (C=O) groups excluding carboxylic acids is 3. The van der Waals surface area contributed by atoms with Crippen LogP contribution in [-0.2, 0) is 24.0 Å². The van der Waals surface area contributed by atoms with Crippen LogP contribution in [0.2, 0.25) is 0 Å². The number of amides is 3. The smallest absolute Gasteiger partial charge is 0.326 e. The molecule has 0 radical (unpaired) electrons. The van der Waals surface area contributed by atoms with Gasteiger partial charge in [0.05, 0.1) is 0 Å². The van der Waals surface area contributed by atoms with E-state index in [4.69, 9.17) is 10.2 Å². The van der Waals surface area contributed by atoms with Crippen LogP contribution in [0.4, 0.5) is 0 Å². The van der Waals surface area contributed by atoms with Crippen LogP contribution in [0.3, 0.4) is 0 Å². The van der Waals surface area contributed by atoms with Gasteiger partial charge in [-0.2, -0.15) is 12.6 Å². The van der Waals surface area contributed by atoms with Crippen molar-refractivity contribution in [2.45, 2.75) is 24.9 Å². The van der Waals surface area contributed by atoms with Gasteiger partial charge in [0.25, 0.3) is 0 Å². The van der Waals surface area contributed by atoms with Crippen molar-refractivity contribution in [2.24, 2.45) is 0 Å². The quantitative estimate of drug-likeness (QED) is 0.181. The van der Waals surface area contributed by atoms with Crippen molar-refractivity contribution < 1.29 is 34.2 Å². The zero-order chi connectivity index (χ0) is 17.1. The minimum Gasteiger partial charge on any atom is -0.480 e. The van der Waals surface area contributed by atoms with E-state index in [1.54, 1.807) is 0 Å². The number of hydrogen-bond acceptors (Lipinski definition) is 6. The number of carboxylic acid groups (broad SMARTS) is 2. The van der Waals surface area contributed by atoms with E-state index >= 15 is 0 Å².